The number of benzene rings is 1. The predicted molar refractivity (Wildman–Crippen MR) is 82.4 cm³/mol. The summed E-state index contributed by atoms with van der Waals surface area (Å²) >= 11 is 7.04. The van der Waals surface area contributed by atoms with Crippen LogP contribution in [0.2, 0.25) is 4.34 Å². The van der Waals surface area contributed by atoms with E-state index >= 15 is 0 Å². The van der Waals surface area contributed by atoms with E-state index in [9.17, 15) is 4.79 Å². The molecule has 5 heteroatoms. The number of carbonyl (C=O) groups excluding carboxylic acids is 1. The summed E-state index contributed by atoms with van der Waals surface area (Å²) < 4.78 is 0.584. The molecule has 1 amide bonds. The number of anilines is 1. The Morgan fingerprint density at radius 1 is 1.40 bits per heavy atom. The van der Waals surface area contributed by atoms with Gasteiger partial charge in [-0.3, -0.25) is 4.79 Å². The number of hydrogen-bond donors (Lipinski definition) is 2. The number of thiophene rings is 1. The molecule has 2 rings (SSSR count). The number of halogens is 1. The lowest BCUT2D eigenvalue weighted by atomic mass is 10.1. The zero-order chi connectivity index (χ0) is 14.5. The molecule has 0 saturated heterocycles. The summed E-state index contributed by atoms with van der Waals surface area (Å²) in [5.74, 6) is 5.26. The second-order valence-corrected chi connectivity index (χ2v) is 5.76. The van der Waals surface area contributed by atoms with E-state index in [-0.39, 0.29) is 12.5 Å². The molecule has 0 bridgehead atoms. The van der Waals surface area contributed by atoms with Gasteiger partial charge in [0.25, 0.3) is 5.91 Å². The van der Waals surface area contributed by atoms with Crippen LogP contribution in [-0.2, 0) is 0 Å². The Labute approximate surface area is 126 Å². The van der Waals surface area contributed by atoms with Crippen LogP contribution in [0.3, 0.4) is 0 Å². The van der Waals surface area contributed by atoms with E-state index < -0.39 is 0 Å². The van der Waals surface area contributed by atoms with Gasteiger partial charge in [0.05, 0.1) is 9.21 Å². The molecule has 0 radical (unpaired) electrons. The van der Waals surface area contributed by atoms with E-state index in [0.29, 0.717) is 14.9 Å². The fourth-order valence-electron chi connectivity index (χ4n) is 1.65. The van der Waals surface area contributed by atoms with Crippen molar-refractivity contribution in [2.24, 2.45) is 0 Å². The number of aliphatic hydroxyl groups excluding tert-OH is 1. The van der Waals surface area contributed by atoms with Crippen molar-refractivity contribution < 1.29 is 9.90 Å². The van der Waals surface area contributed by atoms with Crippen molar-refractivity contribution in [3.8, 4) is 11.8 Å². The summed E-state index contributed by atoms with van der Waals surface area (Å²) in [7, 11) is 0. The molecule has 1 aromatic heterocycles. The van der Waals surface area contributed by atoms with Crippen molar-refractivity contribution in [3.63, 3.8) is 0 Å². The van der Waals surface area contributed by atoms with Gasteiger partial charge in [0.2, 0.25) is 0 Å². The van der Waals surface area contributed by atoms with Crippen LogP contribution in [0.1, 0.15) is 20.8 Å². The molecule has 1 aromatic carbocycles. The first-order valence-corrected chi connectivity index (χ1v) is 7.06. The van der Waals surface area contributed by atoms with Crippen LogP contribution >= 0.6 is 22.9 Å². The Morgan fingerprint density at radius 3 is 2.80 bits per heavy atom. The lowest BCUT2D eigenvalue weighted by Gasteiger charge is -2.06. The van der Waals surface area contributed by atoms with Crippen LogP contribution in [0, 0.1) is 18.8 Å². The van der Waals surface area contributed by atoms with Gasteiger partial charge in [0.1, 0.15) is 6.61 Å². The van der Waals surface area contributed by atoms with Gasteiger partial charge < -0.3 is 10.4 Å². The molecule has 2 N–H and O–H groups in total. The molecular weight excluding hydrogens is 294 g/mol. The molecule has 0 aliphatic rings. The van der Waals surface area contributed by atoms with Crippen LogP contribution in [-0.4, -0.2) is 17.6 Å². The highest BCUT2D eigenvalue weighted by atomic mass is 35.5. The van der Waals surface area contributed by atoms with Gasteiger partial charge in [0.15, 0.2) is 0 Å². The van der Waals surface area contributed by atoms with E-state index in [0.717, 1.165) is 11.1 Å². The largest absolute Gasteiger partial charge is 0.384 e. The fraction of sp³-hybridized carbons (Fsp3) is 0.133. The smallest absolute Gasteiger partial charge is 0.265 e. The summed E-state index contributed by atoms with van der Waals surface area (Å²) in [5.41, 5.74) is 2.47. The van der Waals surface area contributed by atoms with Crippen molar-refractivity contribution in [3.05, 3.63) is 50.7 Å². The van der Waals surface area contributed by atoms with Crippen LogP contribution in [0.25, 0.3) is 0 Å². The van der Waals surface area contributed by atoms with E-state index in [1.54, 1.807) is 18.2 Å². The Morgan fingerprint density at radius 2 is 2.20 bits per heavy atom. The molecule has 0 aliphatic heterocycles. The zero-order valence-corrected chi connectivity index (χ0v) is 12.3. The Balaban J connectivity index is 2.14. The lowest BCUT2D eigenvalue weighted by Crippen LogP contribution is -2.10. The topological polar surface area (TPSA) is 49.3 Å². The minimum atomic E-state index is -0.185. The first-order valence-electron chi connectivity index (χ1n) is 5.87. The molecule has 0 spiro atoms. The summed E-state index contributed by atoms with van der Waals surface area (Å²) in [4.78, 5) is 12.5. The fourth-order valence-corrected chi connectivity index (χ4v) is 2.58. The average Bonchev–Trinajstić information content (AvgIpc) is 2.85. The number of amides is 1. The van der Waals surface area contributed by atoms with Gasteiger partial charge in [-0.25, -0.2) is 0 Å². The number of hydrogen-bond acceptors (Lipinski definition) is 3. The molecule has 20 heavy (non-hydrogen) atoms. The highest BCUT2D eigenvalue weighted by Gasteiger charge is 2.09. The highest BCUT2D eigenvalue weighted by molar-refractivity contribution is 7.18. The SMILES string of the molecule is Cc1cc(NC(=O)c2ccc(Cl)s2)ccc1C#CCO. The summed E-state index contributed by atoms with van der Waals surface area (Å²) in [6.07, 6.45) is 0. The number of aliphatic hydroxyl groups is 1. The second kappa shape index (κ2) is 6.58. The van der Waals surface area contributed by atoms with E-state index in [4.69, 9.17) is 16.7 Å². The third-order valence-corrected chi connectivity index (χ3v) is 3.81. The van der Waals surface area contributed by atoms with Crippen molar-refractivity contribution in [2.75, 3.05) is 11.9 Å². The van der Waals surface area contributed by atoms with Crippen molar-refractivity contribution >= 4 is 34.5 Å². The standard InChI is InChI=1S/C15H12ClNO2S/c1-10-9-12(5-4-11(10)3-2-8-18)17-15(19)13-6-7-14(16)20-13/h4-7,9,18H,8H2,1H3,(H,17,19). The second-order valence-electron chi connectivity index (χ2n) is 4.05. The Hall–Kier alpha value is -1.80. The molecule has 1 heterocycles. The molecule has 0 aliphatic carbocycles. The van der Waals surface area contributed by atoms with Crippen molar-refractivity contribution in [2.45, 2.75) is 6.92 Å². The summed E-state index contributed by atoms with van der Waals surface area (Å²) in [5, 5.41) is 11.5. The molecule has 102 valence electrons. The van der Waals surface area contributed by atoms with Gasteiger partial charge in [-0.15, -0.1) is 11.3 Å². The maximum absolute atomic E-state index is 12.0. The maximum atomic E-state index is 12.0. The van der Waals surface area contributed by atoms with Gasteiger partial charge in [-0.2, -0.15) is 0 Å². The van der Waals surface area contributed by atoms with Crippen LogP contribution in [0.5, 0.6) is 0 Å². The molecule has 0 unspecified atom stereocenters. The Kier molecular flexibility index (Phi) is 4.80. The van der Waals surface area contributed by atoms with Gasteiger partial charge in [-0.1, -0.05) is 23.4 Å². The summed E-state index contributed by atoms with van der Waals surface area (Å²) in [6.45, 7) is 1.73. The van der Waals surface area contributed by atoms with Gasteiger partial charge >= 0.3 is 0 Å². The highest BCUT2D eigenvalue weighted by Crippen LogP contribution is 2.23. The van der Waals surface area contributed by atoms with Gasteiger partial charge in [-0.05, 0) is 42.8 Å². The first-order chi connectivity index (χ1) is 9.60. The molecule has 2 aromatic rings. The van der Waals surface area contributed by atoms with Crippen LogP contribution in [0.15, 0.2) is 30.3 Å². The molecule has 3 nitrogen and oxygen atoms in total. The number of rotatable bonds is 2. The molecular formula is C15H12ClNO2S. The zero-order valence-electron chi connectivity index (χ0n) is 10.7. The predicted octanol–water partition coefficient (Wildman–Crippen LogP) is 3.31. The molecule has 0 atom stereocenters. The van der Waals surface area contributed by atoms with Crippen LogP contribution < -0.4 is 5.32 Å². The summed E-state index contributed by atoms with van der Waals surface area (Å²) in [6, 6.07) is 8.82. The quantitative estimate of drug-likeness (QED) is 0.836. The van der Waals surface area contributed by atoms with Crippen LogP contribution in [0.4, 0.5) is 5.69 Å². The average molecular weight is 306 g/mol. The van der Waals surface area contributed by atoms with Crippen molar-refractivity contribution in [1.82, 2.24) is 0 Å². The third-order valence-electron chi connectivity index (χ3n) is 2.58. The number of aryl methyl sites for hydroxylation is 1. The lowest BCUT2D eigenvalue weighted by molar-refractivity contribution is 0.103. The Bertz CT molecular complexity index is 697. The van der Waals surface area contributed by atoms with Crippen molar-refractivity contribution in [1.29, 1.82) is 0 Å². The minimum Gasteiger partial charge on any atom is -0.384 e. The molecule has 0 saturated carbocycles. The molecule has 0 fully saturated rings. The van der Waals surface area contributed by atoms with E-state index in [1.165, 1.54) is 11.3 Å². The minimum absolute atomic E-state index is 0.170. The van der Waals surface area contributed by atoms with E-state index in [1.807, 2.05) is 19.1 Å². The van der Waals surface area contributed by atoms with Gasteiger partial charge in [0, 0.05) is 11.3 Å². The number of nitrogens with one attached hydrogen (secondary N) is 1. The number of carbonyl (C=O) groups is 1. The maximum Gasteiger partial charge on any atom is 0.265 e. The monoisotopic (exact) mass is 305 g/mol. The normalized spacial score (nSPS) is 9.75. The third kappa shape index (κ3) is 3.61. The first kappa shape index (κ1) is 14.6. The van der Waals surface area contributed by atoms with E-state index in [2.05, 4.69) is 17.2 Å².